The van der Waals surface area contributed by atoms with E-state index >= 15 is 0 Å². The van der Waals surface area contributed by atoms with Crippen molar-refractivity contribution in [2.75, 3.05) is 18.5 Å². The summed E-state index contributed by atoms with van der Waals surface area (Å²) in [5.74, 6) is 0.541. The zero-order valence-electron chi connectivity index (χ0n) is 18.1. The first-order valence-electron chi connectivity index (χ1n) is 10.5. The zero-order chi connectivity index (χ0) is 21.8. The third-order valence-corrected chi connectivity index (χ3v) is 6.30. The average Bonchev–Trinajstić information content (AvgIpc) is 3.20. The number of nitrogens with zero attached hydrogens (tertiary/aromatic N) is 3. The summed E-state index contributed by atoms with van der Waals surface area (Å²) in [5.41, 5.74) is 6.34. The molecule has 2 aromatic heterocycles. The maximum atomic E-state index is 12.7. The molecule has 3 heterocycles. The summed E-state index contributed by atoms with van der Waals surface area (Å²) in [4.78, 5) is 26.5. The van der Waals surface area contributed by atoms with Gasteiger partial charge in [0, 0.05) is 39.1 Å². The van der Waals surface area contributed by atoms with Crippen LogP contribution in [0.1, 0.15) is 46.0 Å². The van der Waals surface area contributed by atoms with Crippen LogP contribution in [0.25, 0.3) is 11.1 Å². The van der Waals surface area contributed by atoms with Crippen LogP contribution in [0.2, 0.25) is 0 Å². The molecule has 0 unspecified atom stereocenters. The molecule has 162 valence electrons. The number of thiazole rings is 1. The first kappa shape index (κ1) is 21.4. The Morgan fingerprint density at radius 3 is 2.68 bits per heavy atom. The van der Waals surface area contributed by atoms with E-state index in [1.54, 1.807) is 11.8 Å². The average molecular weight is 438 g/mol. The fourth-order valence-electron chi connectivity index (χ4n) is 3.88. The standard InChI is InChI=1S/C23H27N5O2S/c1-14-21(15(2)26-12-25-14)19-10-17(28-23(29)22-16(3)31-13-27-22)7-8-20(19)30-11-18-6-4-5-9-24-18/h7-8,10,12-13,18,24H,4-6,9,11H2,1-3H3,(H,28,29)/t18-/m1/s1. The molecule has 2 N–H and O–H groups in total. The van der Waals surface area contributed by atoms with Crippen LogP contribution in [0.4, 0.5) is 5.69 Å². The van der Waals surface area contributed by atoms with E-state index in [-0.39, 0.29) is 5.91 Å². The maximum absolute atomic E-state index is 12.7. The van der Waals surface area contributed by atoms with E-state index in [2.05, 4.69) is 25.6 Å². The molecule has 1 amide bonds. The second-order valence-corrected chi connectivity index (χ2v) is 8.86. The molecule has 1 fully saturated rings. The van der Waals surface area contributed by atoms with Gasteiger partial charge in [0.15, 0.2) is 0 Å². The number of carbonyl (C=O) groups is 1. The van der Waals surface area contributed by atoms with Crippen molar-refractivity contribution < 1.29 is 9.53 Å². The van der Waals surface area contributed by atoms with Crippen molar-refractivity contribution in [3.05, 3.63) is 52.0 Å². The van der Waals surface area contributed by atoms with Gasteiger partial charge in [-0.15, -0.1) is 11.3 Å². The third-order valence-electron chi connectivity index (χ3n) is 5.55. The van der Waals surface area contributed by atoms with Crippen molar-refractivity contribution in [3.8, 4) is 16.9 Å². The molecule has 0 aliphatic carbocycles. The number of hydrogen-bond acceptors (Lipinski definition) is 7. The van der Waals surface area contributed by atoms with Gasteiger partial charge in [0.1, 0.15) is 24.4 Å². The van der Waals surface area contributed by atoms with E-state index in [1.165, 1.54) is 24.2 Å². The lowest BCUT2D eigenvalue weighted by atomic mass is 10.0. The van der Waals surface area contributed by atoms with Crippen LogP contribution in [0.15, 0.2) is 30.0 Å². The molecule has 1 saturated heterocycles. The van der Waals surface area contributed by atoms with Crippen molar-refractivity contribution in [1.82, 2.24) is 20.3 Å². The summed E-state index contributed by atoms with van der Waals surface area (Å²) in [6.45, 7) is 7.44. The van der Waals surface area contributed by atoms with Gasteiger partial charge in [0.2, 0.25) is 0 Å². The highest BCUT2D eigenvalue weighted by molar-refractivity contribution is 7.09. The Morgan fingerprint density at radius 1 is 1.19 bits per heavy atom. The van der Waals surface area contributed by atoms with Gasteiger partial charge in [-0.05, 0) is 58.4 Å². The van der Waals surface area contributed by atoms with Crippen molar-refractivity contribution >= 4 is 22.9 Å². The van der Waals surface area contributed by atoms with Gasteiger partial charge >= 0.3 is 0 Å². The Hall–Kier alpha value is -2.84. The van der Waals surface area contributed by atoms with Gasteiger partial charge in [-0.1, -0.05) is 6.42 Å². The summed E-state index contributed by atoms with van der Waals surface area (Å²) >= 11 is 1.46. The van der Waals surface area contributed by atoms with E-state index in [9.17, 15) is 4.79 Å². The summed E-state index contributed by atoms with van der Waals surface area (Å²) in [7, 11) is 0. The molecule has 7 nitrogen and oxygen atoms in total. The number of aromatic nitrogens is 3. The van der Waals surface area contributed by atoms with E-state index in [1.807, 2.05) is 39.0 Å². The molecule has 8 heteroatoms. The minimum Gasteiger partial charge on any atom is -0.491 e. The van der Waals surface area contributed by atoms with E-state index < -0.39 is 0 Å². The second kappa shape index (κ2) is 9.53. The molecule has 1 aliphatic heterocycles. The van der Waals surface area contributed by atoms with E-state index in [0.29, 0.717) is 24.0 Å². The fourth-order valence-corrected chi connectivity index (χ4v) is 4.46. The Bertz CT molecular complexity index is 1060. The number of ether oxygens (including phenoxy) is 1. The molecule has 1 aromatic carbocycles. The Balaban J connectivity index is 1.64. The number of piperidine rings is 1. The molecule has 0 radical (unpaired) electrons. The zero-order valence-corrected chi connectivity index (χ0v) is 18.9. The van der Waals surface area contributed by atoms with Crippen LogP contribution in [0.3, 0.4) is 0 Å². The summed E-state index contributed by atoms with van der Waals surface area (Å²) in [6.07, 6.45) is 5.12. The molecule has 4 rings (SSSR count). The highest BCUT2D eigenvalue weighted by Gasteiger charge is 2.19. The minimum atomic E-state index is -0.220. The van der Waals surface area contributed by atoms with Crippen molar-refractivity contribution in [2.24, 2.45) is 0 Å². The molecule has 1 aliphatic rings. The maximum Gasteiger partial charge on any atom is 0.275 e. The Morgan fingerprint density at radius 2 is 2.00 bits per heavy atom. The first-order chi connectivity index (χ1) is 15.0. The van der Waals surface area contributed by atoms with Crippen LogP contribution in [0.5, 0.6) is 5.75 Å². The number of benzene rings is 1. The highest BCUT2D eigenvalue weighted by Crippen LogP contribution is 2.36. The third kappa shape index (κ3) is 4.91. The van der Waals surface area contributed by atoms with Gasteiger partial charge in [0.05, 0.1) is 5.51 Å². The number of nitrogens with one attached hydrogen (secondary N) is 2. The van der Waals surface area contributed by atoms with Crippen LogP contribution < -0.4 is 15.4 Å². The fraction of sp³-hybridized carbons (Fsp3) is 0.391. The first-order valence-corrected chi connectivity index (χ1v) is 11.4. The van der Waals surface area contributed by atoms with Gasteiger partial charge < -0.3 is 15.4 Å². The minimum absolute atomic E-state index is 0.220. The summed E-state index contributed by atoms with van der Waals surface area (Å²) in [6, 6.07) is 6.05. The topological polar surface area (TPSA) is 89.0 Å². The van der Waals surface area contributed by atoms with Gasteiger partial charge in [0.25, 0.3) is 5.91 Å². The molecule has 0 bridgehead atoms. The number of aryl methyl sites for hydroxylation is 3. The van der Waals surface area contributed by atoms with Crippen LogP contribution >= 0.6 is 11.3 Å². The van der Waals surface area contributed by atoms with Gasteiger partial charge in [-0.3, -0.25) is 4.79 Å². The normalized spacial score (nSPS) is 16.2. The molecule has 0 saturated carbocycles. The van der Waals surface area contributed by atoms with Crippen LogP contribution in [-0.2, 0) is 0 Å². The van der Waals surface area contributed by atoms with E-state index in [4.69, 9.17) is 4.74 Å². The molecule has 1 atom stereocenters. The predicted octanol–water partition coefficient (Wildman–Crippen LogP) is 4.30. The SMILES string of the molecule is Cc1ncnc(C)c1-c1cc(NC(=O)c2ncsc2C)ccc1OC[C@H]1CCCCN1. The number of carbonyl (C=O) groups excluding carboxylic acids is 1. The van der Waals surface area contributed by atoms with E-state index in [0.717, 1.165) is 46.1 Å². The lowest BCUT2D eigenvalue weighted by Gasteiger charge is -2.24. The quantitative estimate of drug-likeness (QED) is 0.598. The smallest absolute Gasteiger partial charge is 0.275 e. The predicted molar refractivity (Wildman–Crippen MR) is 123 cm³/mol. The number of amides is 1. The second-order valence-electron chi connectivity index (χ2n) is 7.80. The van der Waals surface area contributed by atoms with Crippen molar-refractivity contribution in [2.45, 2.75) is 46.1 Å². The molecule has 0 spiro atoms. The van der Waals surface area contributed by atoms with Crippen LogP contribution in [-0.4, -0.2) is 40.1 Å². The monoisotopic (exact) mass is 437 g/mol. The molecule has 3 aromatic rings. The summed E-state index contributed by atoms with van der Waals surface area (Å²) < 4.78 is 6.25. The van der Waals surface area contributed by atoms with Crippen molar-refractivity contribution in [3.63, 3.8) is 0 Å². The Labute approximate surface area is 186 Å². The lowest BCUT2D eigenvalue weighted by molar-refractivity contribution is 0.102. The molecular formula is C23H27N5O2S. The van der Waals surface area contributed by atoms with Gasteiger partial charge in [-0.25, -0.2) is 15.0 Å². The van der Waals surface area contributed by atoms with Crippen molar-refractivity contribution in [1.29, 1.82) is 0 Å². The molecule has 31 heavy (non-hydrogen) atoms. The van der Waals surface area contributed by atoms with Crippen LogP contribution in [0, 0.1) is 20.8 Å². The number of anilines is 1. The molecular weight excluding hydrogens is 410 g/mol. The largest absolute Gasteiger partial charge is 0.491 e. The number of rotatable bonds is 6. The summed E-state index contributed by atoms with van der Waals surface area (Å²) in [5, 5.41) is 6.48. The van der Waals surface area contributed by atoms with Gasteiger partial charge in [-0.2, -0.15) is 0 Å². The number of hydrogen-bond donors (Lipinski definition) is 2. The highest BCUT2D eigenvalue weighted by atomic mass is 32.1. The lowest BCUT2D eigenvalue weighted by Crippen LogP contribution is -2.38. The Kier molecular flexibility index (Phi) is 6.58.